The Bertz CT molecular complexity index is 419. The van der Waals surface area contributed by atoms with Gasteiger partial charge in [-0.1, -0.05) is 45.4 Å². The van der Waals surface area contributed by atoms with Crippen molar-refractivity contribution < 1.29 is 14.3 Å². The molecule has 1 atom stereocenters. The van der Waals surface area contributed by atoms with Gasteiger partial charge in [-0.05, 0) is 38.8 Å². The molecule has 2 aliphatic rings. The molecule has 0 radical (unpaired) electrons. The Morgan fingerprint density at radius 1 is 0.962 bits per heavy atom. The monoisotopic (exact) mass is 366 g/mol. The number of hydrogen-bond donors (Lipinski definition) is 0. The average Bonchev–Trinajstić information content (AvgIpc) is 2.85. The lowest BCUT2D eigenvalue weighted by molar-refractivity contribution is -0.152. The first-order chi connectivity index (χ1) is 12.7. The van der Waals surface area contributed by atoms with Gasteiger partial charge < -0.3 is 9.64 Å². The van der Waals surface area contributed by atoms with E-state index in [1.165, 1.54) is 44.9 Å². The van der Waals surface area contributed by atoms with Gasteiger partial charge in [0.05, 0.1) is 6.54 Å². The quantitative estimate of drug-likeness (QED) is 0.413. The molecule has 1 amide bonds. The minimum Gasteiger partial charge on any atom is -0.459 e. The zero-order valence-electron chi connectivity index (χ0n) is 16.7. The average molecular weight is 367 g/mol. The standard InChI is InChI=1S/C21H38N2O3/c1-2-3-4-5-8-13-21(25)26-19(18-23-16-11-12-20(23)24)17-22-14-9-6-7-10-15-22/h19H,2-18H2,1H3/t19-/m1/s1. The molecule has 26 heavy (non-hydrogen) atoms. The number of hydrogen-bond acceptors (Lipinski definition) is 4. The number of esters is 1. The summed E-state index contributed by atoms with van der Waals surface area (Å²) in [5.41, 5.74) is 0. The third-order valence-electron chi connectivity index (χ3n) is 5.54. The molecule has 150 valence electrons. The Balaban J connectivity index is 1.80. The van der Waals surface area contributed by atoms with Gasteiger partial charge in [-0.15, -0.1) is 0 Å². The van der Waals surface area contributed by atoms with Crippen LogP contribution < -0.4 is 0 Å². The summed E-state index contributed by atoms with van der Waals surface area (Å²) in [6, 6.07) is 0. The van der Waals surface area contributed by atoms with Crippen molar-refractivity contribution in [2.24, 2.45) is 0 Å². The van der Waals surface area contributed by atoms with Gasteiger partial charge in [0.25, 0.3) is 0 Å². The van der Waals surface area contributed by atoms with Crippen LogP contribution in [0.2, 0.25) is 0 Å². The van der Waals surface area contributed by atoms with E-state index in [2.05, 4.69) is 11.8 Å². The molecule has 0 saturated carbocycles. The van der Waals surface area contributed by atoms with Crippen molar-refractivity contribution >= 4 is 11.9 Å². The van der Waals surface area contributed by atoms with E-state index in [1.54, 1.807) is 0 Å². The Morgan fingerprint density at radius 3 is 2.35 bits per heavy atom. The molecule has 0 spiro atoms. The van der Waals surface area contributed by atoms with Crippen LogP contribution in [0, 0.1) is 0 Å². The maximum atomic E-state index is 12.3. The normalized spacial score (nSPS) is 20.2. The van der Waals surface area contributed by atoms with E-state index < -0.39 is 0 Å². The summed E-state index contributed by atoms with van der Waals surface area (Å²) in [4.78, 5) is 28.6. The number of carbonyl (C=O) groups is 2. The summed E-state index contributed by atoms with van der Waals surface area (Å²) in [5, 5.41) is 0. The first-order valence-electron chi connectivity index (χ1n) is 10.9. The van der Waals surface area contributed by atoms with Gasteiger partial charge >= 0.3 is 5.97 Å². The molecule has 0 aromatic carbocycles. The predicted octanol–water partition coefficient (Wildman–Crippen LogP) is 3.76. The van der Waals surface area contributed by atoms with Gasteiger partial charge in [-0.25, -0.2) is 0 Å². The van der Waals surface area contributed by atoms with Crippen LogP contribution in [0.4, 0.5) is 0 Å². The summed E-state index contributed by atoms with van der Waals surface area (Å²) >= 11 is 0. The Kier molecular flexibility index (Phi) is 10.0. The Morgan fingerprint density at radius 2 is 1.69 bits per heavy atom. The van der Waals surface area contributed by atoms with Crippen LogP contribution >= 0.6 is 0 Å². The molecule has 0 N–H and O–H groups in total. The fraction of sp³-hybridized carbons (Fsp3) is 0.905. The number of rotatable bonds is 11. The van der Waals surface area contributed by atoms with Crippen molar-refractivity contribution in [1.82, 2.24) is 9.80 Å². The van der Waals surface area contributed by atoms with Crippen LogP contribution in [0.5, 0.6) is 0 Å². The highest BCUT2D eigenvalue weighted by Gasteiger charge is 2.27. The van der Waals surface area contributed by atoms with E-state index in [9.17, 15) is 9.59 Å². The summed E-state index contributed by atoms with van der Waals surface area (Å²) < 4.78 is 5.84. The van der Waals surface area contributed by atoms with E-state index in [0.717, 1.165) is 45.4 Å². The fourth-order valence-corrected chi connectivity index (χ4v) is 4.00. The first kappa shape index (κ1) is 21.2. The molecule has 5 nitrogen and oxygen atoms in total. The van der Waals surface area contributed by atoms with Crippen LogP contribution in [0.25, 0.3) is 0 Å². The van der Waals surface area contributed by atoms with Crippen molar-refractivity contribution in [2.45, 2.75) is 90.1 Å². The molecule has 5 heteroatoms. The van der Waals surface area contributed by atoms with Gasteiger partial charge in [-0.2, -0.15) is 0 Å². The van der Waals surface area contributed by atoms with E-state index in [-0.39, 0.29) is 18.0 Å². The van der Waals surface area contributed by atoms with E-state index >= 15 is 0 Å². The second-order valence-corrected chi connectivity index (χ2v) is 7.93. The van der Waals surface area contributed by atoms with Gasteiger partial charge in [0.2, 0.25) is 5.91 Å². The summed E-state index contributed by atoms with van der Waals surface area (Å²) in [6.45, 7) is 6.51. The zero-order chi connectivity index (χ0) is 18.6. The van der Waals surface area contributed by atoms with E-state index in [0.29, 0.717) is 19.4 Å². The molecule has 2 aliphatic heterocycles. The molecule has 2 heterocycles. The molecule has 0 unspecified atom stereocenters. The number of ether oxygens (including phenoxy) is 1. The highest BCUT2D eigenvalue weighted by atomic mass is 16.5. The number of likely N-dealkylation sites (tertiary alicyclic amines) is 2. The van der Waals surface area contributed by atoms with Crippen molar-refractivity contribution in [1.29, 1.82) is 0 Å². The summed E-state index contributed by atoms with van der Waals surface area (Å²) in [5.74, 6) is 0.120. The number of carbonyl (C=O) groups excluding carboxylic acids is 2. The number of nitrogens with zero attached hydrogens (tertiary/aromatic N) is 2. The SMILES string of the molecule is CCCCCCCC(=O)O[C@H](CN1CCCCCC1)CN1CCCC1=O. The molecule has 2 rings (SSSR count). The maximum absolute atomic E-state index is 12.3. The molecule has 0 aliphatic carbocycles. The largest absolute Gasteiger partial charge is 0.459 e. The van der Waals surface area contributed by atoms with Crippen LogP contribution in [0.15, 0.2) is 0 Å². The molecule has 2 saturated heterocycles. The lowest BCUT2D eigenvalue weighted by Gasteiger charge is -2.29. The highest BCUT2D eigenvalue weighted by molar-refractivity contribution is 5.78. The van der Waals surface area contributed by atoms with E-state index in [4.69, 9.17) is 4.74 Å². The number of unbranched alkanes of at least 4 members (excludes halogenated alkanes) is 4. The van der Waals surface area contributed by atoms with Crippen LogP contribution in [-0.4, -0.2) is 60.5 Å². The van der Waals surface area contributed by atoms with Crippen molar-refractivity contribution in [3.63, 3.8) is 0 Å². The van der Waals surface area contributed by atoms with Crippen LogP contribution in [0.1, 0.15) is 84.0 Å². The minimum atomic E-state index is -0.182. The first-order valence-corrected chi connectivity index (χ1v) is 10.9. The van der Waals surface area contributed by atoms with Crippen LogP contribution in [-0.2, 0) is 14.3 Å². The minimum absolute atomic E-state index is 0.0898. The third-order valence-corrected chi connectivity index (χ3v) is 5.54. The molecule has 0 aromatic rings. The molecular weight excluding hydrogens is 328 g/mol. The lowest BCUT2D eigenvalue weighted by atomic mass is 10.1. The predicted molar refractivity (Wildman–Crippen MR) is 104 cm³/mol. The van der Waals surface area contributed by atoms with Gasteiger partial charge in [-0.3, -0.25) is 14.5 Å². The maximum Gasteiger partial charge on any atom is 0.306 e. The molecule has 0 bridgehead atoms. The van der Waals surface area contributed by atoms with Crippen molar-refractivity contribution in [2.75, 3.05) is 32.7 Å². The molecule has 2 fully saturated rings. The van der Waals surface area contributed by atoms with Crippen LogP contribution in [0.3, 0.4) is 0 Å². The molecule has 0 aromatic heterocycles. The zero-order valence-corrected chi connectivity index (χ0v) is 16.7. The smallest absolute Gasteiger partial charge is 0.306 e. The topological polar surface area (TPSA) is 49.9 Å². The lowest BCUT2D eigenvalue weighted by Crippen LogP contribution is -2.43. The van der Waals surface area contributed by atoms with Crippen molar-refractivity contribution in [3.8, 4) is 0 Å². The summed E-state index contributed by atoms with van der Waals surface area (Å²) in [7, 11) is 0. The summed E-state index contributed by atoms with van der Waals surface area (Å²) in [6.07, 6.45) is 12.6. The van der Waals surface area contributed by atoms with Crippen molar-refractivity contribution in [3.05, 3.63) is 0 Å². The second-order valence-electron chi connectivity index (χ2n) is 7.93. The third kappa shape index (κ3) is 8.07. The van der Waals surface area contributed by atoms with Gasteiger partial charge in [0, 0.05) is 25.9 Å². The second kappa shape index (κ2) is 12.3. The number of amides is 1. The van der Waals surface area contributed by atoms with E-state index in [1.807, 2.05) is 4.90 Å². The fourth-order valence-electron chi connectivity index (χ4n) is 4.00. The Hall–Kier alpha value is -1.10. The van der Waals surface area contributed by atoms with Gasteiger partial charge in [0.15, 0.2) is 0 Å². The Labute approximate surface area is 159 Å². The van der Waals surface area contributed by atoms with Gasteiger partial charge in [0.1, 0.15) is 6.10 Å². The highest BCUT2D eigenvalue weighted by Crippen LogP contribution is 2.15. The molecular formula is C21H38N2O3.